The van der Waals surface area contributed by atoms with Crippen molar-refractivity contribution in [3.63, 3.8) is 0 Å². The predicted octanol–water partition coefficient (Wildman–Crippen LogP) is 2.91. The molecule has 5 aromatic rings. The first-order valence-electron chi connectivity index (χ1n) is 11.5. The molecule has 0 aliphatic rings. The van der Waals surface area contributed by atoms with Crippen molar-refractivity contribution >= 4 is 34.2 Å². The fraction of sp³-hybridized carbons (Fsp3) is 0.111. The maximum absolute atomic E-state index is 13.6. The number of carbonyl (C=O) groups excluding carboxylic acids is 1. The first-order valence-corrected chi connectivity index (χ1v) is 11.9. The Bertz CT molecular complexity index is 1900. The molecule has 0 saturated heterocycles. The van der Waals surface area contributed by atoms with E-state index >= 15 is 0 Å². The van der Waals surface area contributed by atoms with E-state index < -0.39 is 5.91 Å². The van der Waals surface area contributed by atoms with Gasteiger partial charge in [0.2, 0.25) is 5.91 Å². The molecule has 0 aliphatic heterocycles. The van der Waals surface area contributed by atoms with Crippen LogP contribution in [0.2, 0.25) is 5.02 Å². The first kappa shape index (κ1) is 25.3. The summed E-state index contributed by atoms with van der Waals surface area (Å²) in [5.74, 6) is 5.33. The monoisotopic (exact) mass is 538 g/mol. The summed E-state index contributed by atoms with van der Waals surface area (Å²) in [7, 11) is 1.78. The fourth-order valence-electron chi connectivity index (χ4n) is 3.99. The number of aryl methyl sites for hydroxylation is 1. The molecule has 0 unspecified atom stereocenters. The van der Waals surface area contributed by atoms with Crippen molar-refractivity contribution in [1.82, 2.24) is 28.9 Å². The van der Waals surface area contributed by atoms with E-state index in [-0.39, 0.29) is 46.0 Å². The molecule has 12 heteroatoms. The highest BCUT2D eigenvalue weighted by atomic mass is 35.5. The van der Waals surface area contributed by atoms with Gasteiger partial charge in [-0.25, -0.2) is 4.98 Å². The van der Waals surface area contributed by atoms with Gasteiger partial charge in [0.05, 0.1) is 40.0 Å². The molecule has 4 aromatic heterocycles. The van der Waals surface area contributed by atoms with Gasteiger partial charge in [-0.15, -0.1) is 0 Å². The number of hydrogen-bond donors (Lipinski definition) is 2. The van der Waals surface area contributed by atoms with Crippen LogP contribution < -0.4 is 10.9 Å². The number of fused-ring (bicyclic) bond motifs is 1. The molecule has 0 fully saturated rings. The van der Waals surface area contributed by atoms with Gasteiger partial charge in [0.25, 0.3) is 5.56 Å². The van der Waals surface area contributed by atoms with E-state index in [0.29, 0.717) is 22.4 Å². The number of phenolic OH excluding ortho intramolecular Hbond substituents is 1. The molecule has 11 nitrogen and oxygen atoms in total. The molecule has 192 valence electrons. The lowest BCUT2D eigenvalue weighted by Gasteiger charge is -2.08. The van der Waals surface area contributed by atoms with Gasteiger partial charge in [-0.05, 0) is 23.8 Å². The summed E-state index contributed by atoms with van der Waals surface area (Å²) in [5, 5.41) is 26.7. The molecule has 1 aromatic carbocycles. The number of hydrogen-bond acceptors (Lipinski definition) is 7. The lowest BCUT2D eigenvalue weighted by Crippen LogP contribution is -2.22. The maximum atomic E-state index is 13.6. The average Bonchev–Trinajstić information content (AvgIpc) is 3.50. The molecule has 1 amide bonds. The topological polar surface area (TPSA) is 144 Å². The molecule has 39 heavy (non-hydrogen) atoms. The van der Waals surface area contributed by atoms with Crippen molar-refractivity contribution in [2.45, 2.75) is 13.1 Å². The van der Waals surface area contributed by atoms with Gasteiger partial charge in [-0.1, -0.05) is 29.5 Å². The number of nitrogens with one attached hydrogen (secondary N) is 1. The number of rotatable bonds is 5. The van der Waals surface area contributed by atoms with Crippen LogP contribution in [0.5, 0.6) is 5.75 Å². The van der Waals surface area contributed by atoms with E-state index in [0.717, 1.165) is 0 Å². The average molecular weight is 539 g/mol. The number of aromatic nitrogens is 6. The lowest BCUT2D eigenvalue weighted by atomic mass is 10.0. The summed E-state index contributed by atoms with van der Waals surface area (Å²) in [6, 6.07) is 7.95. The van der Waals surface area contributed by atoms with Crippen molar-refractivity contribution in [1.29, 1.82) is 5.26 Å². The van der Waals surface area contributed by atoms with Crippen LogP contribution in [-0.4, -0.2) is 39.9 Å². The van der Waals surface area contributed by atoms with Crippen LogP contribution in [0, 0.1) is 23.2 Å². The van der Waals surface area contributed by atoms with Gasteiger partial charge in [-0.3, -0.25) is 23.8 Å². The van der Waals surface area contributed by atoms with Crippen molar-refractivity contribution in [3.05, 3.63) is 88.1 Å². The Hall–Kier alpha value is -5.39. The SMILES string of the molecule is Cn1cc(C#CCn2cnc3c(c(-c4ccc(O)c(C#N)c4)cn3CC(=O)Nc3ccncc3Cl)c2=O)cn1. The largest absolute Gasteiger partial charge is 0.507 e. The second kappa shape index (κ2) is 10.5. The predicted molar refractivity (Wildman–Crippen MR) is 144 cm³/mol. The molecule has 0 atom stereocenters. The quantitative estimate of drug-likeness (QED) is 0.327. The van der Waals surface area contributed by atoms with E-state index in [1.165, 1.54) is 35.4 Å². The van der Waals surface area contributed by atoms with Crippen molar-refractivity contribution in [2.24, 2.45) is 7.05 Å². The molecule has 2 N–H and O–H groups in total. The summed E-state index contributed by atoms with van der Waals surface area (Å²) < 4.78 is 4.54. The molecule has 4 heterocycles. The van der Waals surface area contributed by atoms with E-state index in [1.54, 1.807) is 47.0 Å². The zero-order valence-electron chi connectivity index (χ0n) is 20.5. The third-order valence-electron chi connectivity index (χ3n) is 5.82. The van der Waals surface area contributed by atoms with Crippen LogP contribution in [0.15, 0.2) is 66.4 Å². The third kappa shape index (κ3) is 5.21. The fourth-order valence-corrected chi connectivity index (χ4v) is 4.16. The maximum Gasteiger partial charge on any atom is 0.264 e. The van der Waals surface area contributed by atoms with Gasteiger partial charge in [0.1, 0.15) is 30.3 Å². The van der Waals surface area contributed by atoms with E-state index in [4.69, 9.17) is 11.6 Å². The minimum atomic E-state index is -0.400. The summed E-state index contributed by atoms with van der Waals surface area (Å²) in [5.41, 5.74) is 2.00. The van der Waals surface area contributed by atoms with Crippen molar-refractivity contribution in [3.8, 4) is 34.8 Å². The number of aromatic hydroxyl groups is 1. The molecule has 0 radical (unpaired) electrons. The Morgan fingerprint density at radius 3 is 2.79 bits per heavy atom. The number of halogens is 1. The minimum absolute atomic E-state index is 0.0463. The molecular formula is C27H19ClN8O3. The third-order valence-corrected chi connectivity index (χ3v) is 6.12. The first-order chi connectivity index (χ1) is 18.8. The van der Waals surface area contributed by atoms with Crippen LogP contribution in [0.3, 0.4) is 0 Å². The molecule has 0 bridgehead atoms. The normalized spacial score (nSPS) is 10.6. The molecular weight excluding hydrogens is 520 g/mol. The minimum Gasteiger partial charge on any atom is -0.507 e. The van der Waals surface area contributed by atoms with Gasteiger partial charge in [0, 0.05) is 37.4 Å². The zero-order chi connectivity index (χ0) is 27.5. The summed E-state index contributed by atoms with van der Waals surface area (Å²) in [4.78, 5) is 34.9. The van der Waals surface area contributed by atoms with Crippen LogP contribution in [0.1, 0.15) is 11.1 Å². The Labute approximate surface area is 226 Å². The number of benzene rings is 1. The second-order valence-corrected chi connectivity index (χ2v) is 8.91. The summed E-state index contributed by atoms with van der Waals surface area (Å²) in [6.07, 6.45) is 9.29. The Morgan fingerprint density at radius 1 is 1.21 bits per heavy atom. The second-order valence-electron chi connectivity index (χ2n) is 8.50. The molecule has 5 rings (SSSR count). The highest BCUT2D eigenvalue weighted by molar-refractivity contribution is 6.33. The van der Waals surface area contributed by atoms with E-state index in [2.05, 4.69) is 32.2 Å². The van der Waals surface area contributed by atoms with Crippen molar-refractivity contribution < 1.29 is 9.90 Å². The highest BCUT2D eigenvalue weighted by Gasteiger charge is 2.19. The van der Waals surface area contributed by atoms with E-state index in [1.807, 2.05) is 6.07 Å². The number of pyridine rings is 1. The molecule has 0 aliphatic carbocycles. The van der Waals surface area contributed by atoms with Crippen LogP contribution >= 0.6 is 11.6 Å². The van der Waals surface area contributed by atoms with Crippen LogP contribution in [0.25, 0.3) is 22.2 Å². The number of phenols is 1. The van der Waals surface area contributed by atoms with Crippen LogP contribution in [-0.2, 0) is 24.9 Å². The highest BCUT2D eigenvalue weighted by Crippen LogP contribution is 2.31. The Kier molecular flexibility index (Phi) is 6.83. The number of anilines is 1. The molecule has 0 spiro atoms. The van der Waals surface area contributed by atoms with E-state index in [9.17, 15) is 20.0 Å². The number of amides is 1. The smallest absolute Gasteiger partial charge is 0.264 e. The Balaban J connectivity index is 1.56. The summed E-state index contributed by atoms with van der Waals surface area (Å²) in [6.45, 7) is -0.100. The van der Waals surface area contributed by atoms with Crippen LogP contribution in [0.4, 0.5) is 5.69 Å². The number of carbonyl (C=O) groups is 1. The number of nitrogens with zero attached hydrogens (tertiary/aromatic N) is 7. The lowest BCUT2D eigenvalue weighted by molar-refractivity contribution is -0.116. The zero-order valence-corrected chi connectivity index (χ0v) is 21.2. The van der Waals surface area contributed by atoms with Crippen molar-refractivity contribution in [2.75, 3.05) is 5.32 Å². The number of nitriles is 1. The Morgan fingerprint density at radius 2 is 2.05 bits per heavy atom. The van der Waals surface area contributed by atoms with Gasteiger partial charge in [-0.2, -0.15) is 10.4 Å². The van der Waals surface area contributed by atoms with Gasteiger partial charge in [0.15, 0.2) is 0 Å². The van der Waals surface area contributed by atoms with Gasteiger partial charge < -0.3 is 15.0 Å². The summed E-state index contributed by atoms with van der Waals surface area (Å²) >= 11 is 6.11. The van der Waals surface area contributed by atoms with Gasteiger partial charge >= 0.3 is 0 Å². The standard InChI is InChI=1S/C27H19ClN8O3/c1-34-13-17(11-32-34)3-2-8-35-16-31-26-25(27(35)39)20(18-4-5-23(37)19(9-18)10-29)14-36(26)15-24(38)33-22-6-7-30-12-21(22)28/h4-7,9,11-14,16,37H,8,15H2,1H3,(H,30,33,38). The molecule has 0 saturated carbocycles.